The third kappa shape index (κ3) is 5.60. The number of carbonyl (C=O) groups is 1. The molecule has 1 heterocycles. The maximum absolute atomic E-state index is 13.2. The molecular weight excluding hydrogens is 450 g/mol. The molecule has 0 atom stereocenters. The number of anilines is 1. The van der Waals surface area contributed by atoms with Crippen LogP contribution in [0.3, 0.4) is 0 Å². The van der Waals surface area contributed by atoms with Crippen molar-refractivity contribution in [2.45, 2.75) is 47.8 Å². The predicted molar refractivity (Wildman–Crippen MR) is 143 cm³/mol. The first-order valence-corrected chi connectivity index (χ1v) is 12.0. The lowest BCUT2D eigenvalue weighted by Crippen LogP contribution is -2.14. The van der Waals surface area contributed by atoms with E-state index in [1.165, 1.54) is 11.1 Å². The Morgan fingerprint density at radius 3 is 2.44 bits per heavy atom. The van der Waals surface area contributed by atoms with E-state index in [0.717, 1.165) is 39.5 Å². The maximum atomic E-state index is 13.2. The van der Waals surface area contributed by atoms with Gasteiger partial charge in [-0.3, -0.25) is 9.48 Å². The van der Waals surface area contributed by atoms with Gasteiger partial charge in [0.25, 0.3) is 5.91 Å². The fourth-order valence-electron chi connectivity index (χ4n) is 4.25. The number of methoxy groups -OCH3 is 1. The Morgan fingerprint density at radius 2 is 1.69 bits per heavy atom. The molecule has 6 nitrogen and oxygen atoms in total. The smallest absolute Gasteiger partial charge is 0.255 e. The standard InChI is InChI=1S/C30H33N3O3/c1-19-8-7-9-24(14-19)17-33-23(5)29(22(4)32-33)31-30(34)25-12-13-27(35-6)26(16-25)18-36-28-15-20(2)10-11-21(28)3/h7-16H,17-18H2,1-6H3,(H,31,34). The van der Waals surface area contributed by atoms with Crippen LogP contribution in [0, 0.1) is 34.6 Å². The van der Waals surface area contributed by atoms with E-state index in [-0.39, 0.29) is 5.91 Å². The van der Waals surface area contributed by atoms with Gasteiger partial charge in [-0.15, -0.1) is 0 Å². The van der Waals surface area contributed by atoms with E-state index in [4.69, 9.17) is 9.47 Å². The summed E-state index contributed by atoms with van der Waals surface area (Å²) in [6, 6.07) is 19.8. The molecule has 0 saturated carbocycles. The molecule has 0 unspecified atom stereocenters. The molecule has 4 rings (SSSR count). The lowest BCUT2D eigenvalue weighted by Gasteiger charge is -2.14. The minimum atomic E-state index is -0.202. The molecule has 0 aliphatic heterocycles. The highest BCUT2D eigenvalue weighted by molar-refractivity contribution is 6.05. The summed E-state index contributed by atoms with van der Waals surface area (Å²) >= 11 is 0. The van der Waals surface area contributed by atoms with Gasteiger partial charge in [-0.05, 0) is 75.6 Å². The van der Waals surface area contributed by atoms with Crippen molar-refractivity contribution in [3.05, 3.63) is 105 Å². The quantitative estimate of drug-likeness (QED) is 0.319. The average molecular weight is 484 g/mol. The van der Waals surface area contributed by atoms with E-state index < -0.39 is 0 Å². The Kier molecular flexibility index (Phi) is 7.44. The van der Waals surface area contributed by atoms with Gasteiger partial charge in [0.1, 0.15) is 18.1 Å². The summed E-state index contributed by atoms with van der Waals surface area (Å²) in [4.78, 5) is 13.2. The summed E-state index contributed by atoms with van der Waals surface area (Å²) in [6.07, 6.45) is 0. The summed E-state index contributed by atoms with van der Waals surface area (Å²) in [5, 5.41) is 7.73. The number of hydrogen-bond donors (Lipinski definition) is 1. The number of ether oxygens (including phenoxy) is 2. The van der Waals surface area contributed by atoms with Crippen molar-refractivity contribution in [2.75, 3.05) is 12.4 Å². The summed E-state index contributed by atoms with van der Waals surface area (Å²) < 4.78 is 13.5. The topological polar surface area (TPSA) is 65.4 Å². The minimum Gasteiger partial charge on any atom is -0.496 e. The zero-order valence-corrected chi connectivity index (χ0v) is 21.8. The molecule has 0 bridgehead atoms. The van der Waals surface area contributed by atoms with Crippen LogP contribution in [0.4, 0.5) is 5.69 Å². The lowest BCUT2D eigenvalue weighted by molar-refractivity contribution is 0.102. The highest BCUT2D eigenvalue weighted by Gasteiger charge is 2.17. The van der Waals surface area contributed by atoms with Crippen molar-refractivity contribution >= 4 is 11.6 Å². The normalized spacial score (nSPS) is 10.8. The second-order valence-corrected chi connectivity index (χ2v) is 9.23. The number of rotatable bonds is 8. The molecule has 6 heteroatoms. The van der Waals surface area contributed by atoms with E-state index in [1.807, 2.05) is 56.6 Å². The first-order valence-electron chi connectivity index (χ1n) is 12.0. The van der Waals surface area contributed by atoms with Crippen molar-refractivity contribution in [1.29, 1.82) is 0 Å². The Labute approximate surface area is 212 Å². The highest BCUT2D eigenvalue weighted by Crippen LogP contribution is 2.26. The predicted octanol–water partition coefficient (Wildman–Crippen LogP) is 6.31. The number of hydrogen-bond acceptors (Lipinski definition) is 4. The Hall–Kier alpha value is -4.06. The summed E-state index contributed by atoms with van der Waals surface area (Å²) in [5.74, 6) is 1.29. The maximum Gasteiger partial charge on any atom is 0.255 e. The van der Waals surface area contributed by atoms with E-state index in [9.17, 15) is 4.79 Å². The first kappa shape index (κ1) is 25.0. The van der Waals surface area contributed by atoms with Gasteiger partial charge in [-0.2, -0.15) is 5.10 Å². The van der Waals surface area contributed by atoms with Gasteiger partial charge in [0.15, 0.2) is 0 Å². The van der Waals surface area contributed by atoms with E-state index in [1.54, 1.807) is 19.2 Å². The molecule has 36 heavy (non-hydrogen) atoms. The molecule has 1 aromatic heterocycles. The first-order chi connectivity index (χ1) is 17.2. The van der Waals surface area contributed by atoms with Crippen molar-refractivity contribution < 1.29 is 14.3 Å². The molecule has 0 fully saturated rings. The molecule has 0 spiro atoms. The Bertz CT molecular complexity index is 1400. The molecule has 4 aromatic rings. The molecule has 1 N–H and O–H groups in total. The van der Waals surface area contributed by atoms with Gasteiger partial charge >= 0.3 is 0 Å². The summed E-state index contributed by atoms with van der Waals surface area (Å²) in [7, 11) is 1.62. The number of carbonyl (C=O) groups excluding carboxylic acids is 1. The third-order valence-corrected chi connectivity index (χ3v) is 6.30. The second-order valence-electron chi connectivity index (χ2n) is 9.23. The number of aryl methyl sites for hydroxylation is 4. The Morgan fingerprint density at radius 1 is 0.917 bits per heavy atom. The number of aromatic nitrogens is 2. The third-order valence-electron chi connectivity index (χ3n) is 6.30. The van der Waals surface area contributed by atoms with Crippen molar-refractivity contribution in [3.63, 3.8) is 0 Å². The van der Waals surface area contributed by atoms with Crippen LogP contribution in [0.15, 0.2) is 60.7 Å². The van der Waals surface area contributed by atoms with Crippen molar-refractivity contribution in [1.82, 2.24) is 9.78 Å². The zero-order chi connectivity index (χ0) is 25.8. The van der Waals surface area contributed by atoms with Gasteiger partial charge < -0.3 is 14.8 Å². The summed E-state index contributed by atoms with van der Waals surface area (Å²) in [5.41, 5.74) is 8.31. The van der Waals surface area contributed by atoms with Crippen molar-refractivity contribution in [3.8, 4) is 11.5 Å². The fourth-order valence-corrected chi connectivity index (χ4v) is 4.25. The van der Waals surface area contributed by atoms with Crippen LogP contribution >= 0.6 is 0 Å². The molecule has 186 valence electrons. The number of nitrogens with one attached hydrogen (secondary N) is 1. The fraction of sp³-hybridized carbons (Fsp3) is 0.267. The van der Waals surface area contributed by atoms with Crippen LogP contribution in [0.5, 0.6) is 11.5 Å². The molecule has 0 saturated heterocycles. The van der Waals surface area contributed by atoms with Crippen LogP contribution in [-0.4, -0.2) is 22.8 Å². The molecule has 0 aliphatic rings. The van der Waals surface area contributed by atoms with E-state index >= 15 is 0 Å². The number of amides is 1. The molecular formula is C30H33N3O3. The van der Waals surface area contributed by atoms with E-state index in [0.29, 0.717) is 24.5 Å². The van der Waals surface area contributed by atoms with Gasteiger partial charge in [-0.1, -0.05) is 42.0 Å². The zero-order valence-electron chi connectivity index (χ0n) is 21.8. The lowest BCUT2D eigenvalue weighted by atomic mass is 10.1. The molecule has 3 aromatic carbocycles. The molecule has 0 aliphatic carbocycles. The number of benzene rings is 3. The second kappa shape index (κ2) is 10.7. The largest absolute Gasteiger partial charge is 0.496 e. The van der Waals surface area contributed by atoms with Crippen LogP contribution in [-0.2, 0) is 13.2 Å². The SMILES string of the molecule is COc1ccc(C(=O)Nc2c(C)nn(Cc3cccc(C)c3)c2C)cc1COc1cc(C)ccc1C. The van der Waals surface area contributed by atoms with Gasteiger partial charge in [0, 0.05) is 11.1 Å². The molecule has 0 radical (unpaired) electrons. The minimum absolute atomic E-state index is 0.202. The van der Waals surface area contributed by atoms with Crippen LogP contribution in [0.1, 0.15) is 49.6 Å². The van der Waals surface area contributed by atoms with E-state index in [2.05, 4.69) is 41.6 Å². The van der Waals surface area contributed by atoms with Gasteiger partial charge in [0.05, 0.1) is 30.7 Å². The average Bonchev–Trinajstić information content (AvgIpc) is 3.11. The van der Waals surface area contributed by atoms with Crippen LogP contribution in [0.2, 0.25) is 0 Å². The summed E-state index contributed by atoms with van der Waals surface area (Å²) in [6.45, 7) is 10.9. The van der Waals surface area contributed by atoms with Crippen molar-refractivity contribution in [2.24, 2.45) is 0 Å². The van der Waals surface area contributed by atoms with Crippen LogP contribution < -0.4 is 14.8 Å². The van der Waals surface area contributed by atoms with Crippen LogP contribution in [0.25, 0.3) is 0 Å². The van der Waals surface area contributed by atoms with Gasteiger partial charge in [-0.25, -0.2) is 0 Å². The monoisotopic (exact) mass is 483 g/mol. The molecule has 1 amide bonds. The Balaban J connectivity index is 1.52. The van der Waals surface area contributed by atoms with Gasteiger partial charge in [0.2, 0.25) is 0 Å². The highest BCUT2D eigenvalue weighted by atomic mass is 16.5. The number of nitrogens with zero attached hydrogens (tertiary/aromatic N) is 2.